The van der Waals surface area contributed by atoms with Crippen LogP contribution in [0.3, 0.4) is 0 Å². The topological polar surface area (TPSA) is 44.0 Å². The third-order valence-corrected chi connectivity index (χ3v) is 4.83. The minimum absolute atomic E-state index is 0.319. The summed E-state index contributed by atoms with van der Waals surface area (Å²) < 4.78 is 0. The highest BCUT2D eigenvalue weighted by Crippen LogP contribution is 2.44. The van der Waals surface area contributed by atoms with Gasteiger partial charge in [0.2, 0.25) is 0 Å². The molecule has 1 unspecified atom stereocenters. The maximum Gasteiger partial charge on any atom is 0.153 e. The van der Waals surface area contributed by atoms with E-state index in [9.17, 15) is 0 Å². The molecule has 2 heterocycles. The van der Waals surface area contributed by atoms with E-state index in [0.717, 1.165) is 26.2 Å². The Bertz CT molecular complexity index is 450. The summed E-state index contributed by atoms with van der Waals surface area (Å²) in [6.45, 7) is 11.5. The number of hydrogen-bond donors (Lipinski definition) is 2. The van der Waals surface area contributed by atoms with Crippen LogP contribution in [0.4, 0.5) is 5.82 Å². The van der Waals surface area contributed by atoms with Gasteiger partial charge in [-0.15, -0.1) is 0 Å². The molecule has 0 radical (unpaired) electrons. The van der Waals surface area contributed by atoms with Crippen LogP contribution in [0, 0.1) is 5.41 Å². The Morgan fingerprint density at radius 2 is 2.00 bits per heavy atom. The molecule has 1 aliphatic heterocycles. The van der Waals surface area contributed by atoms with Crippen molar-refractivity contribution in [3.63, 3.8) is 0 Å². The van der Waals surface area contributed by atoms with Crippen molar-refractivity contribution in [2.75, 3.05) is 31.1 Å². The minimum Gasteiger partial charge on any atom is -0.354 e. The highest BCUT2D eigenvalue weighted by Gasteiger charge is 2.34. The molecule has 1 fully saturated rings. The van der Waals surface area contributed by atoms with E-state index < -0.39 is 0 Å². The van der Waals surface area contributed by atoms with E-state index in [-0.39, 0.29) is 0 Å². The van der Waals surface area contributed by atoms with E-state index in [1.165, 1.54) is 42.8 Å². The highest BCUT2D eigenvalue weighted by atomic mass is 15.3. The smallest absolute Gasteiger partial charge is 0.153 e. The van der Waals surface area contributed by atoms with Gasteiger partial charge in [0.1, 0.15) is 0 Å². The van der Waals surface area contributed by atoms with Gasteiger partial charge in [-0.3, -0.25) is 5.10 Å². The summed E-state index contributed by atoms with van der Waals surface area (Å²) in [6, 6.07) is 0. The largest absolute Gasteiger partial charge is 0.354 e. The zero-order valence-electron chi connectivity index (χ0n) is 13.1. The number of nitrogens with zero attached hydrogens (tertiary/aromatic N) is 2. The van der Waals surface area contributed by atoms with Gasteiger partial charge in [-0.2, -0.15) is 5.10 Å². The molecule has 0 saturated carbocycles. The molecule has 1 aromatic rings. The summed E-state index contributed by atoms with van der Waals surface area (Å²) in [7, 11) is 0. The van der Waals surface area contributed by atoms with Crippen molar-refractivity contribution in [2.24, 2.45) is 5.41 Å². The first kappa shape index (κ1) is 13.9. The summed E-state index contributed by atoms with van der Waals surface area (Å²) in [5, 5.41) is 11.6. The SMILES string of the molecule is CC(C)(C)C1CCCc2c(N3CCCNCC3)n[nH]c21. The molecule has 0 amide bonds. The van der Waals surface area contributed by atoms with Crippen molar-refractivity contribution >= 4 is 5.82 Å². The number of rotatable bonds is 1. The predicted octanol–water partition coefficient (Wildman–Crippen LogP) is 2.68. The zero-order valence-corrected chi connectivity index (χ0v) is 13.1. The number of nitrogens with one attached hydrogen (secondary N) is 2. The van der Waals surface area contributed by atoms with Gasteiger partial charge >= 0.3 is 0 Å². The second kappa shape index (κ2) is 5.40. The first-order chi connectivity index (χ1) is 9.57. The maximum absolute atomic E-state index is 4.70. The molecule has 1 aliphatic carbocycles. The van der Waals surface area contributed by atoms with Crippen LogP contribution in [0.1, 0.15) is 57.2 Å². The van der Waals surface area contributed by atoms with Crippen molar-refractivity contribution in [1.82, 2.24) is 15.5 Å². The lowest BCUT2D eigenvalue weighted by Gasteiger charge is -2.34. The maximum atomic E-state index is 4.70. The van der Waals surface area contributed by atoms with Crippen LogP contribution >= 0.6 is 0 Å². The minimum atomic E-state index is 0.319. The molecular formula is C16H28N4. The Morgan fingerprint density at radius 3 is 2.80 bits per heavy atom. The Hall–Kier alpha value is -1.03. The lowest BCUT2D eigenvalue weighted by Crippen LogP contribution is -2.29. The van der Waals surface area contributed by atoms with E-state index in [0.29, 0.717) is 11.3 Å². The summed E-state index contributed by atoms with van der Waals surface area (Å²) in [5.41, 5.74) is 3.23. The molecule has 0 spiro atoms. The van der Waals surface area contributed by atoms with E-state index in [4.69, 9.17) is 5.10 Å². The van der Waals surface area contributed by atoms with Crippen LogP contribution in [-0.4, -0.2) is 36.4 Å². The van der Waals surface area contributed by atoms with Crippen LogP contribution < -0.4 is 10.2 Å². The van der Waals surface area contributed by atoms with Gasteiger partial charge < -0.3 is 10.2 Å². The molecule has 1 saturated heterocycles. The molecule has 1 atom stereocenters. The van der Waals surface area contributed by atoms with Crippen molar-refractivity contribution < 1.29 is 0 Å². The van der Waals surface area contributed by atoms with Crippen LogP contribution in [-0.2, 0) is 6.42 Å². The lowest BCUT2D eigenvalue weighted by molar-refractivity contribution is 0.284. The fourth-order valence-electron chi connectivity index (χ4n) is 3.72. The fourth-order valence-corrected chi connectivity index (χ4v) is 3.72. The van der Waals surface area contributed by atoms with E-state index in [2.05, 4.69) is 36.1 Å². The van der Waals surface area contributed by atoms with Crippen molar-refractivity contribution in [3.05, 3.63) is 11.3 Å². The van der Waals surface area contributed by atoms with Gasteiger partial charge in [-0.1, -0.05) is 20.8 Å². The average Bonchev–Trinajstić information content (AvgIpc) is 2.65. The molecule has 1 aromatic heterocycles. The molecule has 20 heavy (non-hydrogen) atoms. The van der Waals surface area contributed by atoms with Crippen LogP contribution in [0.2, 0.25) is 0 Å². The fraction of sp³-hybridized carbons (Fsp3) is 0.812. The van der Waals surface area contributed by atoms with Gasteiger partial charge in [-0.25, -0.2) is 0 Å². The molecular weight excluding hydrogens is 248 g/mol. The van der Waals surface area contributed by atoms with E-state index >= 15 is 0 Å². The third kappa shape index (κ3) is 2.58. The van der Waals surface area contributed by atoms with Gasteiger partial charge in [0.25, 0.3) is 0 Å². The van der Waals surface area contributed by atoms with Gasteiger partial charge in [0.15, 0.2) is 5.82 Å². The molecule has 112 valence electrons. The Balaban J connectivity index is 1.89. The third-order valence-electron chi connectivity index (χ3n) is 4.83. The van der Waals surface area contributed by atoms with Crippen molar-refractivity contribution in [1.29, 1.82) is 0 Å². The summed E-state index contributed by atoms with van der Waals surface area (Å²) in [5.74, 6) is 1.86. The van der Waals surface area contributed by atoms with Crippen LogP contribution in [0.25, 0.3) is 0 Å². The number of aromatic amines is 1. The van der Waals surface area contributed by atoms with E-state index in [1.807, 2.05) is 0 Å². The van der Waals surface area contributed by atoms with Crippen LogP contribution in [0.5, 0.6) is 0 Å². The van der Waals surface area contributed by atoms with Gasteiger partial charge in [0.05, 0.1) is 0 Å². The van der Waals surface area contributed by atoms with Gasteiger partial charge in [-0.05, 0) is 37.6 Å². The van der Waals surface area contributed by atoms with E-state index in [1.54, 1.807) is 0 Å². The summed E-state index contributed by atoms with van der Waals surface area (Å²) in [4.78, 5) is 2.47. The highest BCUT2D eigenvalue weighted by molar-refractivity contribution is 5.51. The normalized spacial score (nSPS) is 24.4. The molecule has 2 aliphatic rings. The average molecular weight is 276 g/mol. The molecule has 4 heteroatoms. The Morgan fingerprint density at radius 1 is 1.15 bits per heavy atom. The first-order valence-corrected chi connectivity index (χ1v) is 8.10. The summed E-state index contributed by atoms with van der Waals surface area (Å²) in [6.07, 6.45) is 5.00. The molecule has 4 nitrogen and oxygen atoms in total. The second-order valence-corrected chi connectivity index (χ2v) is 7.34. The molecule has 2 N–H and O–H groups in total. The monoisotopic (exact) mass is 276 g/mol. The second-order valence-electron chi connectivity index (χ2n) is 7.34. The first-order valence-electron chi connectivity index (χ1n) is 8.10. The number of anilines is 1. The molecule has 3 rings (SSSR count). The molecule has 0 aromatic carbocycles. The van der Waals surface area contributed by atoms with Crippen LogP contribution in [0.15, 0.2) is 0 Å². The number of H-pyrrole nitrogens is 1. The standard InChI is InChI=1S/C16H28N4/c1-16(2,3)13-7-4-6-12-14(13)18-19-15(12)20-10-5-8-17-9-11-20/h13,17H,4-11H2,1-3H3,(H,18,19). The quantitative estimate of drug-likeness (QED) is 0.829. The number of fused-ring (bicyclic) bond motifs is 1. The van der Waals surface area contributed by atoms with Crippen molar-refractivity contribution in [2.45, 2.75) is 52.4 Å². The zero-order chi connectivity index (χ0) is 14.2. The lowest BCUT2D eigenvalue weighted by atomic mass is 9.72. The number of aromatic nitrogens is 2. The Kier molecular flexibility index (Phi) is 3.76. The predicted molar refractivity (Wildman–Crippen MR) is 83.4 cm³/mol. The van der Waals surface area contributed by atoms with Crippen molar-refractivity contribution in [3.8, 4) is 0 Å². The summed E-state index contributed by atoms with van der Waals surface area (Å²) >= 11 is 0. The Labute approximate surface area is 122 Å². The van der Waals surface area contributed by atoms with Gasteiger partial charge in [0, 0.05) is 36.8 Å². The number of hydrogen-bond acceptors (Lipinski definition) is 3. The molecule has 0 bridgehead atoms.